The molecule has 8 nitrogen and oxygen atoms in total. The Bertz CT molecular complexity index is 509. The molecule has 0 bridgehead atoms. The fraction of sp³-hybridized carbons (Fsp3) is 0.810. The molecule has 0 radical (unpaired) electrons. The van der Waals surface area contributed by atoms with Crippen LogP contribution in [-0.2, 0) is 28.7 Å². The molecule has 0 rings (SSSR count). The lowest BCUT2D eigenvalue weighted by molar-refractivity contribution is -0.128. The van der Waals surface area contributed by atoms with Crippen LogP contribution in [0, 0.1) is 10.8 Å². The Kier molecular flexibility index (Phi) is 12.6. The summed E-state index contributed by atoms with van der Waals surface area (Å²) >= 11 is 0. The number of amides is 2. The van der Waals surface area contributed by atoms with Crippen LogP contribution in [0.1, 0.15) is 60.8 Å². The van der Waals surface area contributed by atoms with Gasteiger partial charge in [0.15, 0.2) is 0 Å². The predicted octanol–water partition coefficient (Wildman–Crippen LogP) is 1.65. The standard InChI is InChI=1S/C21H38N2O6/c1-16(24)20(3,4)14-28-12-10-22-18(26)8-7-9-19(27)23-11-13-29-15-21(5,6)17(2)25/h7-15H2,1-6H3,(H,22,26)(H,23,27). The average Bonchev–Trinajstić information content (AvgIpc) is 2.60. The maximum Gasteiger partial charge on any atom is 0.220 e. The minimum Gasteiger partial charge on any atom is -0.379 e. The number of Topliss-reactive ketones (excluding diaryl/α,β-unsaturated/α-hetero) is 2. The first-order valence-corrected chi connectivity index (χ1v) is 10.1. The number of hydrogen-bond acceptors (Lipinski definition) is 6. The first-order valence-electron chi connectivity index (χ1n) is 10.1. The topological polar surface area (TPSA) is 111 Å². The fourth-order valence-electron chi connectivity index (χ4n) is 1.97. The summed E-state index contributed by atoms with van der Waals surface area (Å²) in [7, 11) is 0. The molecule has 0 atom stereocenters. The molecule has 0 aliphatic carbocycles. The van der Waals surface area contributed by atoms with Gasteiger partial charge in [0.2, 0.25) is 11.8 Å². The molecule has 0 aliphatic heterocycles. The van der Waals surface area contributed by atoms with Crippen molar-refractivity contribution in [2.75, 3.05) is 39.5 Å². The molecule has 0 saturated heterocycles. The summed E-state index contributed by atoms with van der Waals surface area (Å²) < 4.78 is 10.8. The largest absolute Gasteiger partial charge is 0.379 e. The zero-order chi connectivity index (χ0) is 22.5. The molecule has 168 valence electrons. The Morgan fingerprint density at radius 1 is 0.690 bits per heavy atom. The molecule has 0 aromatic heterocycles. The molecule has 0 spiro atoms. The summed E-state index contributed by atoms with van der Waals surface area (Å²) in [6.07, 6.45) is 0.972. The molecule has 0 unspecified atom stereocenters. The van der Waals surface area contributed by atoms with E-state index in [2.05, 4.69) is 10.6 Å². The van der Waals surface area contributed by atoms with Gasteiger partial charge in [-0.15, -0.1) is 0 Å². The van der Waals surface area contributed by atoms with Gasteiger partial charge in [0.25, 0.3) is 0 Å². The van der Waals surface area contributed by atoms with Crippen LogP contribution in [0.2, 0.25) is 0 Å². The zero-order valence-electron chi connectivity index (χ0n) is 18.8. The van der Waals surface area contributed by atoms with Gasteiger partial charge in [0.05, 0.1) is 26.4 Å². The minimum atomic E-state index is -0.522. The summed E-state index contributed by atoms with van der Waals surface area (Å²) in [6.45, 7) is 12.4. The van der Waals surface area contributed by atoms with E-state index in [9.17, 15) is 19.2 Å². The van der Waals surface area contributed by atoms with Crippen LogP contribution in [0.25, 0.3) is 0 Å². The first kappa shape index (κ1) is 27.2. The number of ether oxygens (including phenoxy) is 2. The highest BCUT2D eigenvalue weighted by Crippen LogP contribution is 2.16. The minimum absolute atomic E-state index is 0.0614. The van der Waals surface area contributed by atoms with Crippen LogP contribution in [0.4, 0.5) is 0 Å². The average molecular weight is 415 g/mol. The molecular formula is C21H38N2O6. The van der Waals surface area contributed by atoms with Crippen molar-refractivity contribution in [2.45, 2.75) is 60.8 Å². The van der Waals surface area contributed by atoms with E-state index >= 15 is 0 Å². The third kappa shape index (κ3) is 13.1. The Balaban J connectivity index is 3.68. The molecule has 0 aromatic carbocycles. The Morgan fingerprint density at radius 2 is 1.03 bits per heavy atom. The second kappa shape index (κ2) is 13.4. The van der Waals surface area contributed by atoms with Gasteiger partial charge in [-0.3, -0.25) is 19.2 Å². The Labute approximate surface area is 174 Å². The van der Waals surface area contributed by atoms with E-state index in [-0.39, 0.29) is 36.2 Å². The van der Waals surface area contributed by atoms with Crippen LogP contribution in [0.3, 0.4) is 0 Å². The van der Waals surface area contributed by atoms with Gasteiger partial charge < -0.3 is 20.1 Å². The summed E-state index contributed by atoms with van der Waals surface area (Å²) in [5.41, 5.74) is -1.04. The molecule has 29 heavy (non-hydrogen) atoms. The first-order chi connectivity index (χ1) is 13.4. The van der Waals surface area contributed by atoms with Crippen molar-refractivity contribution >= 4 is 23.4 Å². The van der Waals surface area contributed by atoms with Crippen molar-refractivity contribution in [1.29, 1.82) is 0 Å². The third-order valence-electron chi connectivity index (χ3n) is 4.78. The number of nitrogens with one attached hydrogen (secondary N) is 2. The van der Waals surface area contributed by atoms with Gasteiger partial charge in [0.1, 0.15) is 11.6 Å². The number of hydrogen-bond donors (Lipinski definition) is 2. The van der Waals surface area contributed by atoms with E-state index in [0.717, 1.165) is 0 Å². The van der Waals surface area contributed by atoms with Gasteiger partial charge in [-0.1, -0.05) is 27.7 Å². The number of ketones is 2. The van der Waals surface area contributed by atoms with Crippen LogP contribution >= 0.6 is 0 Å². The van der Waals surface area contributed by atoms with Crippen molar-refractivity contribution in [3.63, 3.8) is 0 Å². The highest BCUT2D eigenvalue weighted by molar-refractivity contribution is 5.82. The monoisotopic (exact) mass is 414 g/mol. The van der Waals surface area contributed by atoms with E-state index < -0.39 is 10.8 Å². The van der Waals surface area contributed by atoms with Gasteiger partial charge in [-0.2, -0.15) is 0 Å². The smallest absolute Gasteiger partial charge is 0.220 e. The summed E-state index contributed by atoms with van der Waals surface area (Å²) in [5.74, 6) is -0.151. The Hall–Kier alpha value is -1.80. The van der Waals surface area contributed by atoms with E-state index in [1.54, 1.807) is 0 Å². The van der Waals surface area contributed by atoms with Gasteiger partial charge in [-0.25, -0.2) is 0 Å². The van der Waals surface area contributed by atoms with E-state index in [0.29, 0.717) is 45.9 Å². The lowest BCUT2D eigenvalue weighted by Gasteiger charge is -2.20. The van der Waals surface area contributed by atoms with Gasteiger partial charge in [-0.05, 0) is 20.3 Å². The van der Waals surface area contributed by atoms with E-state index in [1.165, 1.54) is 13.8 Å². The summed E-state index contributed by atoms with van der Waals surface area (Å²) in [4.78, 5) is 46.2. The fourth-order valence-corrected chi connectivity index (χ4v) is 1.97. The second-order valence-electron chi connectivity index (χ2n) is 8.54. The molecule has 2 N–H and O–H groups in total. The van der Waals surface area contributed by atoms with Crippen molar-refractivity contribution in [3.05, 3.63) is 0 Å². The highest BCUT2D eigenvalue weighted by Gasteiger charge is 2.24. The maximum atomic E-state index is 11.7. The summed E-state index contributed by atoms with van der Waals surface area (Å²) in [6, 6.07) is 0. The molecular weight excluding hydrogens is 376 g/mol. The quantitative estimate of drug-likeness (QED) is 0.372. The van der Waals surface area contributed by atoms with Crippen molar-refractivity contribution < 1.29 is 28.7 Å². The van der Waals surface area contributed by atoms with Crippen LogP contribution < -0.4 is 10.6 Å². The molecule has 0 aliphatic rings. The number of carbonyl (C=O) groups is 4. The number of rotatable bonds is 16. The highest BCUT2D eigenvalue weighted by atomic mass is 16.5. The normalized spacial score (nSPS) is 11.8. The Morgan fingerprint density at radius 3 is 1.34 bits per heavy atom. The molecule has 2 amide bonds. The number of carbonyl (C=O) groups excluding carboxylic acids is 4. The summed E-state index contributed by atoms with van der Waals surface area (Å²) in [5, 5.41) is 5.45. The van der Waals surface area contributed by atoms with Crippen molar-refractivity contribution in [3.8, 4) is 0 Å². The lowest BCUT2D eigenvalue weighted by atomic mass is 9.90. The van der Waals surface area contributed by atoms with Crippen LogP contribution in [-0.4, -0.2) is 62.9 Å². The van der Waals surface area contributed by atoms with E-state index in [4.69, 9.17) is 9.47 Å². The zero-order valence-corrected chi connectivity index (χ0v) is 18.8. The van der Waals surface area contributed by atoms with Crippen LogP contribution in [0.15, 0.2) is 0 Å². The van der Waals surface area contributed by atoms with E-state index in [1.807, 2.05) is 27.7 Å². The van der Waals surface area contributed by atoms with Gasteiger partial charge >= 0.3 is 0 Å². The molecule has 8 heteroatoms. The van der Waals surface area contributed by atoms with Gasteiger partial charge in [0, 0.05) is 36.8 Å². The SMILES string of the molecule is CC(=O)C(C)(C)COCCNC(=O)CCCC(=O)NCCOCC(C)(C)C(C)=O. The molecule has 0 heterocycles. The maximum absolute atomic E-state index is 11.7. The molecule has 0 saturated carbocycles. The van der Waals surface area contributed by atoms with Crippen LogP contribution in [0.5, 0.6) is 0 Å². The molecule has 0 aromatic rings. The predicted molar refractivity (Wildman–Crippen MR) is 110 cm³/mol. The third-order valence-corrected chi connectivity index (χ3v) is 4.78. The van der Waals surface area contributed by atoms with Crippen molar-refractivity contribution in [1.82, 2.24) is 10.6 Å². The second-order valence-corrected chi connectivity index (χ2v) is 8.54. The lowest BCUT2D eigenvalue weighted by Crippen LogP contribution is -2.32. The van der Waals surface area contributed by atoms with Crippen molar-refractivity contribution in [2.24, 2.45) is 10.8 Å². The molecule has 0 fully saturated rings.